The molecule has 0 aliphatic rings. The summed E-state index contributed by atoms with van der Waals surface area (Å²) in [6, 6.07) is 9.90. The maximum atomic E-state index is 6.47. The quantitative estimate of drug-likeness (QED) is 0.646. The molecule has 1 aromatic heterocycles. The molecule has 1 heterocycles. The van der Waals surface area contributed by atoms with E-state index >= 15 is 0 Å². The Kier molecular flexibility index (Phi) is 3.58. The van der Waals surface area contributed by atoms with Gasteiger partial charge in [-0.2, -0.15) is 0 Å². The molecule has 1 atom stereocenters. The van der Waals surface area contributed by atoms with Gasteiger partial charge in [0.2, 0.25) is 0 Å². The highest BCUT2D eigenvalue weighted by atomic mass is 35.5. The third-order valence-electron chi connectivity index (χ3n) is 2.45. The molecule has 0 saturated heterocycles. The molecule has 1 unspecified atom stereocenters. The molecule has 0 radical (unpaired) electrons. The molecule has 0 fully saturated rings. The lowest BCUT2D eigenvalue weighted by atomic mass is 10.1. The molecule has 1 aromatic carbocycles. The molecule has 2 rings (SSSR count). The normalized spacial score (nSPS) is 12.8. The van der Waals surface area contributed by atoms with E-state index in [1.54, 1.807) is 11.3 Å². The summed E-state index contributed by atoms with van der Waals surface area (Å²) >= 11 is 14.2. The first-order valence-corrected chi connectivity index (χ1v) is 6.67. The number of aryl methyl sites for hydroxylation is 2. The predicted molar refractivity (Wildman–Crippen MR) is 72.9 cm³/mol. The molecule has 16 heavy (non-hydrogen) atoms. The summed E-state index contributed by atoms with van der Waals surface area (Å²) in [5, 5.41) is 0.631. The van der Waals surface area contributed by atoms with Crippen molar-refractivity contribution in [2.75, 3.05) is 0 Å². The first-order chi connectivity index (χ1) is 7.58. The molecular weight excluding hydrogens is 259 g/mol. The van der Waals surface area contributed by atoms with Gasteiger partial charge in [-0.3, -0.25) is 0 Å². The zero-order valence-electron chi connectivity index (χ0n) is 9.13. The van der Waals surface area contributed by atoms with Crippen molar-refractivity contribution < 1.29 is 0 Å². The van der Waals surface area contributed by atoms with Gasteiger partial charge in [0.05, 0.1) is 5.38 Å². The van der Waals surface area contributed by atoms with Gasteiger partial charge in [0.1, 0.15) is 0 Å². The molecule has 2 aromatic rings. The minimum atomic E-state index is -0.0996. The number of alkyl halides is 1. The average Bonchev–Trinajstić information content (AvgIpc) is 2.57. The van der Waals surface area contributed by atoms with Gasteiger partial charge in [-0.25, -0.2) is 0 Å². The Labute approximate surface area is 110 Å². The van der Waals surface area contributed by atoms with E-state index in [2.05, 4.69) is 19.9 Å². The van der Waals surface area contributed by atoms with Gasteiger partial charge in [-0.15, -0.1) is 22.9 Å². The van der Waals surface area contributed by atoms with E-state index in [1.165, 1.54) is 15.3 Å². The fraction of sp³-hybridized carbons (Fsp3) is 0.231. The van der Waals surface area contributed by atoms with Crippen LogP contribution in [-0.4, -0.2) is 0 Å². The maximum absolute atomic E-state index is 6.47. The smallest absolute Gasteiger partial charge is 0.0931 e. The number of thiophene rings is 1. The van der Waals surface area contributed by atoms with Crippen molar-refractivity contribution in [2.45, 2.75) is 19.2 Å². The topological polar surface area (TPSA) is 0 Å². The van der Waals surface area contributed by atoms with Gasteiger partial charge >= 0.3 is 0 Å². The summed E-state index contributed by atoms with van der Waals surface area (Å²) in [6.07, 6.45) is 0. The monoisotopic (exact) mass is 270 g/mol. The van der Waals surface area contributed by atoms with Crippen LogP contribution in [0.1, 0.15) is 26.3 Å². The molecule has 0 amide bonds. The highest BCUT2D eigenvalue weighted by Gasteiger charge is 2.15. The van der Waals surface area contributed by atoms with Crippen molar-refractivity contribution in [3.63, 3.8) is 0 Å². The van der Waals surface area contributed by atoms with Crippen LogP contribution in [0.15, 0.2) is 30.3 Å². The second kappa shape index (κ2) is 4.79. The fourth-order valence-electron chi connectivity index (χ4n) is 1.73. The molecule has 0 N–H and O–H groups in total. The number of halogens is 2. The lowest BCUT2D eigenvalue weighted by Crippen LogP contribution is -1.91. The van der Waals surface area contributed by atoms with Crippen LogP contribution in [0, 0.1) is 13.8 Å². The molecule has 84 valence electrons. The van der Waals surface area contributed by atoms with Gasteiger partial charge in [0, 0.05) is 14.8 Å². The molecule has 0 aliphatic carbocycles. The van der Waals surface area contributed by atoms with Crippen molar-refractivity contribution in [2.24, 2.45) is 0 Å². The van der Waals surface area contributed by atoms with E-state index < -0.39 is 0 Å². The summed E-state index contributed by atoms with van der Waals surface area (Å²) in [7, 11) is 0. The Bertz CT molecular complexity index is 502. The van der Waals surface area contributed by atoms with Crippen LogP contribution in [-0.2, 0) is 0 Å². The number of benzene rings is 1. The summed E-state index contributed by atoms with van der Waals surface area (Å²) in [6.45, 7) is 4.20. The van der Waals surface area contributed by atoms with E-state index in [-0.39, 0.29) is 5.38 Å². The fourth-order valence-corrected chi connectivity index (χ4v) is 3.41. The van der Waals surface area contributed by atoms with E-state index in [0.29, 0.717) is 0 Å². The highest BCUT2D eigenvalue weighted by molar-refractivity contribution is 7.12. The first-order valence-electron chi connectivity index (χ1n) is 5.04. The van der Waals surface area contributed by atoms with E-state index in [0.717, 1.165) is 10.6 Å². The van der Waals surface area contributed by atoms with Gasteiger partial charge in [0.25, 0.3) is 0 Å². The largest absolute Gasteiger partial charge is 0.143 e. The van der Waals surface area contributed by atoms with Crippen LogP contribution in [0.2, 0.25) is 5.02 Å². The maximum Gasteiger partial charge on any atom is 0.0931 e. The molecule has 0 aliphatic heterocycles. The van der Waals surface area contributed by atoms with Crippen molar-refractivity contribution in [1.29, 1.82) is 0 Å². The van der Waals surface area contributed by atoms with Crippen LogP contribution in [0.4, 0.5) is 0 Å². The second-order valence-electron chi connectivity index (χ2n) is 3.82. The number of hydrogen-bond donors (Lipinski definition) is 0. The third-order valence-corrected chi connectivity index (χ3v) is 4.50. The molecule has 0 saturated carbocycles. The minimum absolute atomic E-state index is 0.0996. The Hall–Kier alpha value is -0.500. The zero-order valence-corrected chi connectivity index (χ0v) is 11.5. The standard InChI is InChI=1S/C13H12Cl2S/c1-8-6-9(2)16-13(8)12(15)10-4-3-5-11(14)7-10/h3-7,12H,1-2H3. The van der Waals surface area contributed by atoms with E-state index in [1.807, 2.05) is 24.3 Å². The SMILES string of the molecule is Cc1cc(C)c(C(Cl)c2cccc(Cl)c2)s1. The lowest BCUT2D eigenvalue weighted by Gasteiger charge is -2.09. The Morgan fingerprint density at radius 2 is 1.94 bits per heavy atom. The summed E-state index contributed by atoms with van der Waals surface area (Å²) in [4.78, 5) is 2.50. The Balaban J connectivity index is 2.38. The summed E-state index contributed by atoms with van der Waals surface area (Å²) in [5.74, 6) is 0. The molecule has 0 bridgehead atoms. The van der Waals surface area contributed by atoms with Crippen LogP contribution in [0.25, 0.3) is 0 Å². The average molecular weight is 271 g/mol. The molecule has 0 spiro atoms. The summed E-state index contributed by atoms with van der Waals surface area (Å²) < 4.78 is 0. The van der Waals surface area contributed by atoms with Crippen LogP contribution in [0.3, 0.4) is 0 Å². The molecule has 3 heteroatoms. The lowest BCUT2D eigenvalue weighted by molar-refractivity contribution is 1.16. The second-order valence-corrected chi connectivity index (χ2v) is 5.98. The zero-order chi connectivity index (χ0) is 11.7. The Morgan fingerprint density at radius 3 is 2.50 bits per heavy atom. The third kappa shape index (κ3) is 2.42. The van der Waals surface area contributed by atoms with Crippen molar-refractivity contribution in [3.8, 4) is 0 Å². The van der Waals surface area contributed by atoms with Gasteiger partial charge in [-0.1, -0.05) is 23.7 Å². The van der Waals surface area contributed by atoms with Crippen molar-refractivity contribution in [3.05, 3.63) is 56.2 Å². The highest BCUT2D eigenvalue weighted by Crippen LogP contribution is 2.36. The van der Waals surface area contributed by atoms with Crippen LogP contribution >= 0.6 is 34.5 Å². The van der Waals surface area contributed by atoms with Gasteiger partial charge < -0.3 is 0 Å². The van der Waals surface area contributed by atoms with Gasteiger partial charge in [-0.05, 0) is 43.2 Å². The number of hydrogen-bond acceptors (Lipinski definition) is 1. The summed E-state index contributed by atoms with van der Waals surface area (Å²) in [5.41, 5.74) is 2.31. The Morgan fingerprint density at radius 1 is 1.19 bits per heavy atom. The van der Waals surface area contributed by atoms with E-state index in [4.69, 9.17) is 23.2 Å². The van der Waals surface area contributed by atoms with Crippen molar-refractivity contribution in [1.82, 2.24) is 0 Å². The van der Waals surface area contributed by atoms with Crippen molar-refractivity contribution >= 4 is 34.5 Å². The molecular formula is C13H12Cl2S. The first kappa shape index (κ1) is 12.0. The van der Waals surface area contributed by atoms with E-state index in [9.17, 15) is 0 Å². The number of rotatable bonds is 2. The predicted octanol–water partition coefficient (Wildman–Crippen LogP) is 5.35. The van der Waals surface area contributed by atoms with Crippen LogP contribution in [0.5, 0.6) is 0 Å². The minimum Gasteiger partial charge on any atom is -0.143 e. The van der Waals surface area contributed by atoms with Crippen LogP contribution < -0.4 is 0 Å². The molecule has 0 nitrogen and oxygen atoms in total. The van der Waals surface area contributed by atoms with Gasteiger partial charge in [0.15, 0.2) is 0 Å².